The second kappa shape index (κ2) is 4.94. The highest BCUT2D eigenvalue weighted by Crippen LogP contribution is 2.23. The van der Waals surface area contributed by atoms with Crippen LogP contribution in [0.4, 0.5) is 0 Å². The van der Waals surface area contributed by atoms with Gasteiger partial charge in [0.15, 0.2) is 0 Å². The van der Waals surface area contributed by atoms with Crippen molar-refractivity contribution in [2.75, 3.05) is 5.75 Å². The molecule has 88 valence electrons. The maximum absolute atomic E-state index is 11.6. The molecule has 2 unspecified atom stereocenters. The Balaban J connectivity index is 2.53. The fraction of sp³-hybridized carbons (Fsp3) is 0.889. The molecule has 0 bridgehead atoms. The number of nitrogens with one attached hydrogen (secondary N) is 1. The van der Waals surface area contributed by atoms with Crippen molar-refractivity contribution in [3.8, 4) is 0 Å². The molecule has 0 saturated heterocycles. The molecule has 1 aliphatic carbocycles. The number of carbonyl (C=O) groups excluding carboxylic acids is 1. The summed E-state index contributed by atoms with van der Waals surface area (Å²) in [5.74, 6) is -0.709. The van der Waals surface area contributed by atoms with Crippen molar-refractivity contribution >= 4 is 15.9 Å². The lowest BCUT2D eigenvalue weighted by Gasteiger charge is -2.25. The fourth-order valence-corrected chi connectivity index (χ4v) is 2.39. The third kappa shape index (κ3) is 3.79. The molecular formula is C9H18N2O3S. The molecule has 1 rings (SSSR count). The molecule has 0 aliphatic heterocycles. The molecule has 0 spiro atoms. The van der Waals surface area contributed by atoms with Gasteiger partial charge in [0.05, 0.1) is 5.75 Å². The van der Waals surface area contributed by atoms with Gasteiger partial charge >= 0.3 is 0 Å². The van der Waals surface area contributed by atoms with E-state index in [-0.39, 0.29) is 17.7 Å². The van der Waals surface area contributed by atoms with Crippen molar-refractivity contribution in [3.05, 3.63) is 0 Å². The highest BCUT2D eigenvalue weighted by molar-refractivity contribution is 7.90. The minimum atomic E-state index is -3.43. The Kier molecular flexibility index (Phi) is 4.10. The zero-order valence-electron chi connectivity index (χ0n) is 8.90. The van der Waals surface area contributed by atoms with Gasteiger partial charge in [-0.1, -0.05) is 6.42 Å². The number of sulfonamides is 1. The molecule has 15 heavy (non-hydrogen) atoms. The number of nitrogens with two attached hydrogens (primary N) is 1. The molecule has 1 aliphatic rings. The summed E-state index contributed by atoms with van der Waals surface area (Å²) in [5.41, 5.74) is 5.73. The van der Waals surface area contributed by atoms with Gasteiger partial charge in [0.2, 0.25) is 15.9 Å². The third-order valence-electron chi connectivity index (χ3n) is 2.72. The highest BCUT2D eigenvalue weighted by atomic mass is 32.2. The average Bonchev–Trinajstić information content (AvgIpc) is 2.17. The van der Waals surface area contributed by atoms with Gasteiger partial charge in [-0.15, -0.1) is 0 Å². The van der Waals surface area contributed by atoms with E-state index in [0.29, 0.717) is 6.42 Å². The summed E-state index contributed by atoms with van der Waals surface area (Å²) in [4.78, 5) is 11.6. The van der Waals surface area contributed by atoms with Crippen LogP contribution in [0.15, 0.2) is 0 Å². The predicted molar refractivity (Wildman–Crippen MR) is 57.5 cm³/mol. The standard InChI is InChI=1S/C9H18N2O3S/c1-2-15(13,14)11-9(12)7-4-3-5-8(10)6-7/h7-8H,2-6,10H2,1H3,(H,11,12). The number of rotatable bonds is 3. The lowest BCUT2D eigenvalue weighted by atomic mass is 9.86. The Bertz CT molecular complexity index is 326. The average molecular weight is 234 g/mol. The molecule has 0 aromatic carbocycles. The van der Waals surface area contributed by atoms with Gasteiger partial charge in [-0.25, -0.2) is 8.42 Å². The van der Waals surface area contributed by atoms with Gasteiger partial charge in [-0.2, -0.15) is 0 Å². The quantitative estimate of drug-likeness (QED) is 0.717. The molecule has 1 amide bonds. The topological polar surface area (TPSA) is 89.3 Å². The first kappa shape index (κ1) is 12.4. The van der Waals surface area contributed by atoms with E-state index < -0.39 is 15.9 Å². The smallest absolute Gasteiger partial charge is 0.236 e. The van der Waals surface area contributed by atoms with E-state index in [2.05, 4.69) is 4.72 Å². The van der Waals surface area contributed by atoms with E-state index in [1.165, 1.54) is 6.92 Å². The number of amides is 1. The second-order valence-electron chi connectivity index (χ2n) is 3.99. The lowest BCUT2D eigenvalue weighted by molar-refractivity contribution is -0.124. The SMILES string of the molecule is CCS(=O)(=O)NC(=O)C1CCCC(N)C1. The van der Waals surface area contributed by atoms with Crippen molar-refractivity contribution in [1.29, 1.82) is 0 Å². The zero-order chi connectivity index (χ0) is 11.5. The van der Waals surface area contributed by atoms with Crippen LogP contribution in [0.5, 0.6) is 0 Å². The Labute approximate surface area is 90.5 Å². The van der Waals surface area contributed by atoms with Gasteiger partial charge in [0.1, 0.15) is 0 Å². The van der Waals surface area contributed by atoms with E-state index >= 15 is 0 Å². The second-order valence-corrected chi connectivity index (χ2v) is 6.00. The van der Waals surface area contributed by atoms with Crippen LogP contribution in [0.25, 0.3) is 0 Å². The maximum atomic E-state index is 11.6. The van der Waals surface area contributed by atoms with E-state index in [1.807, 2.05) is 0 Å². The molecule has 1 saturated carbocycles. The molecule has 0 heterocycles. The minimum absolute atomic E-state index is 0.0267. The van der Waals surface area contributed by atoms with Crippen LogP contribution in [0.1, 0.15) is 32.6 Å². The number of hydrogen-bond acceptors (Lipinski definition) is 4. The highest BCUT2D eigenvalue weighted by Gasteiger charge is 2.27. The van der Waals surface area contributed by atoms with Gasteiger partial charge in [0.25, 0.3) is 0 Å². The van der Waals surface area contributed by atoms with Crippen molar-refractivity contribution < 1.29 is 13.2 Å². The Hall–Kier alpha value is -0.620. The van der Waals surface area contributed by atoms with E-state index in [0.717, 1.165) is 19.3 Å². The van der Waals surface area contributed by atoms with E-state index in [1.54, 1.807) is 0 Å². The van der Waals surface area contributed by atoms with Crippen LogP contribution < -0.4 is 10.5 Å². The summed E-state index contributed by atoms with van der Waals surface area (Å²) in [6.45, 7) is 1.50. The van der Waals surface area contributed by atoms with Crippen molar-refractivity contribution in [2.24, 2.45) is 11.7 Å². The van der Waals surface area contributed by atoms with Crippen molar-refractivity contribution in [3.63, 3.8) is 0 Å². The summed E-state index contributed by atoms with van der Waals surface area (Å²) >= 11 is 0. The molecule has 0 aromatic rings. The first-order valence-corrected chi connectivity index (χ1v) is 6.89. The van der Waals surface area contributed by atoms with Crippen LogP contribution in [0.3, 0.4) is 0 Å². The molecule has 2 atom stereocenters. The predicted octanol–water partition coefficient (Wildman–Crippen LogP) is -0.0302. The molecule has 0 radical (unpaired) electrons. The lowest BCUT2D eigenvalue weighted by Crippen LogP contribution is -2.40. The summed E-state index contributed by atoms with van der Waals surface area (Å²) in [6.07, 6.45) is 3.14. The van der Waals surface area contributed by atoms with E-state index in [4.69, 9.17) is 5.73 Å². The Morgan fingerprint density at radius 1 is 1.47 bits per heavy atom. The molecule has 6 heteroatoms. The molecule has 3 N–H and O–H groups in total. The van der Waals surface area contributed by atoms with Gasteiger partial charge < -0.3 is 5.73 Å². The van der Waals surface area contributed by atoms with Crippen molar-refractivity contribution in [2.45, 2.75) is 38.6 Å². The first-order valence-electron chi connectivity index (χ1n) is 5.24. The summed E-state index contributed by atoms with van der Waals surface area (Å²) in [7, 11) is -3.43. The fourth-order valence-electron chi connectivity index (χ4n) is 1.77. The monoisotopic (exact) mass is 234 g/mol. The molecule has 5 nitrogen and oxygen atoms in total. The molecular weight excluding hydrogens is 216 g/mol. The summed E-state index contributed by atoms with van der Waals surface area (Å²) in [5, 5.41) is 0. The summed E-state index contributed by atoms with van der Waals surface area (Å²) < 4.78 is 24.4. The zero-order valence-corrected chi connectivity index (χ0v) is 9.72. The van der Waals surface area contributed by atoms with Gasteiger partial charge in [-0.05, 0) is 26.2 Å². The maximum Gasteiger partial charge on any atom is 0.236 e. The van der Waals surface area contributed by atoms with Crippen LogP contribution in [-0.4, -0.2) is 26.1 Å². The Morgan fingerprint density at radius 3 is 2.67 bits per heavy atom. The third-order valence-corrected chi connectivity index (χ3v) is 3.99. The first-order chi connectivity index (χ1) is 6.94. The van der Waals surface area contributed by atoms with E-state index in [9.17, 15) is 13.2 Å². The van der Waals surface area contributed by atoms with Gasteiger partial charge in [0, 0.05) is 12.0 Å². The largest absolute Gasteiger partial charge is 0.328 e. The number of hydrogen-bond donors (Lipinski definition) is 2. The normalized spacial score (nSPS) is 27.3. The van der Waals surface area contributed by atoms with Crippen LogP contribution in [-0.2, 0) is 14.8 Å². The van der Waals surface area contributed by atoms with Crippen LogP contribution in [0.2, 0.25) is 0 Å². The molecule has 0 aromatic heterocycles. The number of carbonyl (C=O) groups is 1. The van der Waals surface area contributed by atoms with Gasteiger partial charge in [-0.3, -0.25) is 9.52 Å². The molecule has 1 fully saturated rings. The van der Waals surface area contributed by atoms with Crippen molar-refractivity contribution in [1.82, 2.24) is 4.72 Å². The Morgan fingerprint density at radius 2 is 2.13 bits per heavy atom. The van der Waals surface area contributed by atoms with Crippen LogP contribution in [0, 0.1) is 5.92 Å². The minimum Gasteiger partial charge on any atom is -0.328 e. The summed E-state index contributed by atoms with van der Waals surface area (Å²) in [6, 6.07) is 0.0267. The van der Waals surface area contributed by atoms with Crippen LogP contribution >= 0.6 is 0 Å².